The summed E-state index contributed by atoms with van der Waals surface area (Å²) >= 11 is 0. The molecular weight excluding hydrogens is 346 g/mol. The maximum Gasteiger partial charge on any atom is 0.144 e. The van der Waals surface area contributed by atoms with E-state index in [9.17, 15) is 0 Å². The Morgan fingerprint density at radius 1 is 1.04 bits per heavy atom. The van der Waals surface area contributed by atoms with E-state index in [1.807, 2.05) is 30.6 Å². The first-order valence-corrected chi connectivity index (χ1v) is 10.7. The van der Waals surface area contributed by atoms with Gasteiger partial charge in [0.1, 0.15) is 5.75 Å². The third kappa shape index (κ3) is 5.51. The molecule has 0 saturated carbocycles. The second kappa shape index (κ2) is 10.7. The van der Waals surface area contributed by atoms with Crippen LogP contribution in [0.3, 0.4) is 0 Å². The Morgan fingerprint density at radius 2 is 1.82 bits per heavy atom. The molecule has 0 atom stereocenters. The lowest BCUT2D eigenvalue weighted by Crippen LogP contribution is -1.88. The minimum Gasteiger partial charge on any atom is -0.494 e. The number of nitrogens with one attached hydrogen (secondary N) is 2. The van der Waals surface area contributed by atoms with Crippen molar-refractivity contribution in [3.05, 3.63) is 47.4 Å². The molecule has 0 saturated heterocycles. The summed E-state index contributed by atoms with van der Waals surface area (Å²) in [7, 11) is 1.71. The number of hydrogen-bond donors (Lipinski definition) is 2. The number of methoxy groups -OCH3 is 1. The highest BCUT2D eigenvalue weighted by Gasteiger charge is 2.13. The first-order valence-electron chi connectivity index (χ1n) is 10.7. The van der Waals surface area contributed by atoms with E-state index in [2.05, 4.69) is 34.0 Å². The molecule has 4 nitrogen and oxygen atoms in total. The Bertz CT molecular complexity index is 809. The summed E-state index contributed by atoms with van der Waals surface area (Å²) in [6.45, 7) is 2.27. The summed E-state index contributed by atoms with van der Waals surface area (Å²) in [5.41, 5.74) is 5.39. The number of hydrogen-bond acceptors (Lipinski definition) is 2. The standard InChI is InChI=1S/C24H33N3O/c1-3-4-5-6-7-8-9-10-12-19-14-16-26-21(19)17-23-24(28-2)18-22(27-23)20-13-11-15-25-20/h11,13-18,25,27H,3-10,12H2,1-2H3. The average molecular weight is 380 g/mol. The van der Waals surface area contributed by atoms with Crippen LogP contribution >= 0.6 is 0 Å². The third-order valence-corrected chi connectivity index (χ3v) is 5.32. The number of nitrogens with zero attached hydrogens (tertiary/aromatic N) is 1. The Labute approximate surface area is 168 Å². The van der Waals surface area contributed by atoms with Gasteiger partial charge < -0.3 is 14.7 Å². The molecule has 0 bridgehead atoms. The topological polar surface area (TPSA) is 53.2 Å². The molecule has 150 valence electrons. The monoisotopic (exact) mass is 379 g/mol. The van der Waals surface area contributed by atoms with Gasteiger partial charge in [-0.1, -0.05) is 51.9 Å². The minimum atomic E-state index is 0.839. The maximum absolute atomic E-state index is 5.56. The summed E-state index contributed by atoms with van der Waals surface area (Å²) in [4.78, 5) is 11.2. The smallest absolute Gasteiger partial charge is 0.144 e. The highest BCUT2D eigenvalue weighted by atomic mass is 16.5. The van der Waals surface area contributed by atoms with Crippen LogP contribution in [0, 0.1) is 0 Å². The van der Waals surface area contributed by atoms with Crippen molar-refractivity contribution in [1.82, 2.24) is 9.97 Å². The van der Waals surface area contributed by atoms with E-state index in [4.69, 9.17) is 4.74 Å². The number of allylic oxidation sites excluding steroid dienone is 2. The molecule has 0 fully saturated rings. The van der Waals surface area contributed by atoms with Crippen molar-refractivity contribution in [2.75, 3.05) is 7.11 Å². The Hall–Kier alpha value is -2.49. The van der Waals surface area contributed by atoms with Crippen LogP contribution < -0.4 is 4.74 Å². The largest absolute Gasteiger partial charge is 0.494 e. The number of ether oxygens (including phenoxy) is 1. The van der Waals surface area contributed by atoms with Crippen molar-refractivity contribution in [3.63, 3.8) is 0 Å². The number of rotatable bonds is 12. The van der Waals surface area contributed by atoms with Crippen molar-refractivity contribution in [3.8, 4) is 17.1 Å². The van der Waals surface area contributed by atoms with Crippen molar-refractivity contribution in [1.29, 1.82) is 0 Å². The fraction of sp³-hybridized carbons (Fsp3) is 0.458. The van der Waals surface area contributed by atoms with Crippen LogP contribution in [0.5, 0.6) is 5.75 Å². The van der Waals surface area contributed by atoms with E-state index < -0.39 is 0 Å². The first kappa shape index (κ1) is 20.2. The highest BCUT2D eigenvalue weighted by molar-refractivity contribution is 5.82. The summed E-state index contributed by atoms with van der Waals surface area (Å²) in [5, 5.41) is 0. The van der Waals surface area contributed by atoms with Crippen molar-refractivity contribution in [2.24, 2.45) is 4.99 Å². The molecule has 0 spiro atoms. The molecular formula is C24H33N3O. The second-order valence-corrected chi connectivity index (χ2v) is 7.47. The van der Waals surface area contributed by atoms with Crippen molar-refractivity contribution >= 4 is 12.3 Å². The Morgan fingerprint density at radius 3 is 2.54 bits per heavy atom. The zero-order valence-corrected chi connectivity index (χ0v) is 17.3. The van der Waals surface area contributed by atoms with Crippen LogP contribution in [-0.2, 0) is 0 Å². The quantitative estimate of drug-likeness (QED) is 0.387. The number of H-pyrrole nitrogens is 2. The van der Waals surface area contributed by atoms with Gasteiger partial charge in [0.15, 0.2) is 0 Å². The van der Waals surface area contributed by atoms with Gasteiger partial charge in [0.2, 0.25) is 0 Å². The molecule has 2 aromatic heterocycles. The van der Waals surface area contributed by atoms with Crippen LogP contribution in [0.2, 0.25) is 0 Å². The van der Waals surface area contributed by atoms with Gasteiger partial charge in [0, 0.05) is 18.5 Å². The average Bonchev–Trinajstić information content (AvgIpc) is 3.45. The van der Waals surface area contributed by atoms with Gasteiger partial charge in [-0.25, -0.2) is 0 Å². The summed E-state index contributed by atoms with van der Waals surface area (Å²) in [6.07, 6.45) is 19.9. The maximum atomic E-state index is 5.56. The van der Waals surface area contributed by atoms with Crippen LogP contribution in [0.15, 0.2) is 46.7 Å². The predicted octanol–water partition coefficient (Wildman–Crippen LogP) is 6.90. The molecule has 0 aliphatic carbocycles. The van der Waals surface area contributed by atoms with E-state index in [1.165, 1.54) is 56.9 Å². The summed E-state index contributed by atoms with van der Waals surface area (Å²) in [6, 6.07) is 6.06. The number of aromatic nitrogens is 2. The summed E-state index contributed by atoms with van der Waals surface area (Å²) in [5.74, 6) is 0.839. The molecule has 1 aliphatic heterocycles. The lowest BCUT2D eigenvalue weighted by molar-refractivity contribution is 0.414. The molecule has 3 rings (SSSR count). The van der Waals surface area contributed by atoms with E-state index in [0.717, 1.165) is 34.9 Å². The first-order chi connectivity index (χ1) is 13.8. The van der Waals surface area contributed by atoms with E-state index in [1.54, 1.807) is 7.11 Å². The zero-order valence-electron chi connectivity index (χ0n) is 17.3. The van der Waals surface area contributed by atoms with Crippen molar-refractivity contribution in [2.45, 2.75) is 64.7 Å². The highest BCUT2D eigenvalue weighted by Crippen LogP contribution is 2.31. The molecule has 28 heavy (non-hydrogen) atoms. The lowest BCUT2D eigenvalue weighted by Gasteiger charge is -2.05. The lowest BCUT2D eigenvalue weighted by atomic mass is 10.0. The van der Waals surface area contributed by atoms with E-state index in [-0.39, 0.29) is 0 Å². The minimum absolute atomic E-state index is 0.839. The van der Waals surface area contributed by atoms with E-state index in [0.29, 0.717) is 0 Å². The molecule has 2 N–H and O–H groups in total. The van der Waals surface area contributed by atoms with Gasteiger partial charge in [0.25, 0.3) is 0 Å². The number of aromatic amines is 2. The molecule has 2 aromatic rings. The zero-order chi connectivity index (χ0) is 19.6. The molecule has 4 heteroatoms. The van der Waals surface area contributed by atoms with Crippen molar-refractivity contribution < 1.29 is 4.74 Å². The van der Waals surface area contributed by atoms with Gasteiger partial charge in [-0.05, 0) is 42.7 Å². The predicted molar refractivity (Wildman–Crippen MR) is 119 cm³/mol. The van der Waals surface area contributed by atoms with Gasteiger partial charge in [-0.3, -0.25) is 4.99 Å². The number of unbranched alkanes of at least 4 members (excludes halogenated alkanes) is 7. The van der Waals surface area contributed by atoms with Crippen LogP contribution in [0.25, 0.3) is 17.5 Å². The van der Waals surface area contributed by atoms with Gasteiger partial charge in [0.05, 0.1) is 29.9 Å². The fourth-order valence-corrected chi connectivity index (χ4v) is 3.67. The summed E-state index contributed by atoms with van der Waals surface area (Å²) < 4.78 is 5.56. The molecule has 0 unspecified atom stereocenters. The normalized spacial score (nSPS) is 14.8. The van der Waals surface area contributed by atoms with Crippen LogP contribution in [0.1, 0.15) is 70.4 Å². The second-order valence-electron chi connectivity index (χ2n) is 7.47. The number of aliphatic imine (C=N–C) groups is 1. The van der Waals surface area contributed by atoms with Gasteiger partial charge >= 0.3 is 0 Å². The molecule has 1 aliphatic rings. The van der Waals surface area contributed by atoms with Gasteiger partial charge in [-0.2, -0.15) is 0 Å². The Kier molecular flexibility index (Phi) is 7.77. The molecule has 0 aromatic carbocycles. The third-order valence-electron chi connectivity index (χ3n) is 5.32. The molecule has 0 radical (unpaired) electrons. The van der Waals surface area contributed by atoms with Crippen LogP contribution in [-0.4, -0.2) is 23.3 Å². The van der Waals surface area contributed by atoms with Gasteiger partial charge in [-0.15, -0.1) is 0 Å². The van der Waals surface area contributed by atoms with E-state index >= 15 is 0 Å². The fourth-order valence-electron chi connectivity index (χ4n) is 3.67. The molecule has 3 heterocycles. The molecule has 0 amide bonds. The van der Waals surface area contributed by atoms with Crippen LogP contribution in [0.4, 0.5) is 0 Å². The SMILES string of the molecule is CCCCCCCCCCC1=CC=NC1=Cc1[nH]c(-c2ccc[nH]2)cc1OC. The Balaban J connectivity index is 1.54.